The molecule has 1 heterocycles. The van der Waals surface area contributed by atoms with E-state index in [2.05, 4.69) is 15.5 Å². The van der Waals surface area contributed by atoms with Crippen LogP contribution in [0.25, 0.3) is 5.69 Å². The van der Waals surface area contributed by atoms with Crippen LogP contribution >= 0.6 is 0 Å². The first-order valence-electron chi connectivity index (χ1n) is 5.91. The molecule has 5 nitrogen and oxygen atoms in total. The molecule has 18 heavy (non-hydrogen) atoms. The summed E-state index contributed by atoms with van der Waals surface area (Å²) in [6.07, 6.45) is 3.30. The van der Waals surface area contributed by atoms with Crippen molar-refractivity contribution in [3.63, 3.8) is 0 Å². The van der Waals surface area contributed by atoms with Crippen molar-refractivity contribution < 1.29 is 5.11 Å². The Balaban J connectivity index is 2.18. The zero-order valence-electron chi connectivity index (χ0n) is 10.8. The minimum Gasteiger partial charge on any atom is -0.388 e. The fourth-order valence-electron chi connectivity index (χ4n) is 1.52. The minimum atomic E-state index is -0.771. The number of nitrogens with one attached hydrogen (secondary N) is 1. The van der Waals surface area contributed by atoms with Gasteiger partial charge in [0, 0.05) is 5.69 Å². The molecule has 0 amide bonds. The fraction of sp³-hybridized carbons (Fsp3) is 0.385. The highest BCUT2D eigenvalue weighted by atomic mass is 16.3. The monoisotopic (exact) mass is 246 g/mol. The van der Waals surface area contributed by atoms with Gasteiger partial charge >= 0.3 is 0 Å². The van der Waals surface area contributed by atoms with Crippen molar-refractivity contribution in [2.45, 2.75) is 32.4 Å². The third-order valence-electron chi connectivity index (χ3n) is 3.01. The van der Waals surface area contributed by atoms with Crippen molar-refractivity contribution in [3.8, 4) is 5.69 Å². The summed E-state index contributed by atoms with van der Waals surface area (Å²) in [6.45, 7) is 5.52. The quantitative estimate of drug-likeness (QED) is 0.864. The first-order chi connectivity index (χ1) is 8.47. The number of anilines is 1. The number of aliphatic hydroxyl groups is 1. The molecule has 1 unspecified atom stereocenters. The van der Waals surface area contributed by atoms with Gasteiger partial charge in [0.05, 0.1) is 17.3 Å². The molecule has 2 rings (SSSR count). The van der Waals surface area contributed by atoms with E-state index in [0.717, 1.165) is 11.4 Å². The molecule has 0 aliphatic carbocycles. The molecule has 2 N–H and O–H groups in total. The minimum absolute atomic E-state index is 0.0475. The van der Waals surface area contributed by atoms with Crippen LogP contribution in [0.5, 0.6) is 0 Å². The normalized spacial score (nSPS) is 13.3. The van der Waals surface area contributed by atoms with Gasteiger partial charge in [-0.25, -0.2) is 0 Å². The number of hydrogen-bond donors (Lipinski definition) is 2. The molecule has 0 bridgehead atoms. The largest absolute Gasteiger partial charge is 0.388 e. The summed E-state index contributed by atoms with van der Waals surface area (Å²) in [7, 11) is 0. The summed E-state index contributed by atoms with van der Waals surface area (Å²) in [5.74, 6) is 0. The Morgan fingerprint density at radius 3 is 2.56 bits per heavy atom. The van der Waals surface area contributed by atoms with Crippen LogP contribution in [0.3, 0.4) is 0 Å². The first kappa shape index (κ1) is 12.6. The number of hydrogen-bond acceptors (Lipinski definition) is 4. The predicted molar refractivity (Wildman–Crippen MR) is 70.7 cm³/mol. The molecular formula is C13H18N4O. The number of aromatic nitrogens is 3. The van der Waals surface area contributed by atoms with E-state index in [-0.39, 0.29) is 6.04 Å². The lowest BCUT2D eigenvalue weighted by Crippen LogP contribution is -2.39. The van der Waals surface area contributed by atoms with Crippen molar-refractivity contribution in [1.29, 1.82) is 0 Å². The van der Waals surface area contributed by atoms with Crippen molar-refractivity contribution >= 4 is 5.69 Å². The van der Waals surface area contributed by atoms with Gasteiger partial charge in [-0.3, -0.25) is 4.57 Å². The molecule has 1 aromatic heterocycles. The van der Waals surface area contributed by atoms with Gasteiger partial charge in [-0.05, 0) is 39.0 Å². The van der Waals surface area contributed by atoms with Crippen LogP contribution in [-0.2, 0) is 0 Å². The third kappa shape index (κ3) is 2.87. The Morgan fingerprint density at radius 2 is 1.94 bits per heavy atom. The zero-order chi connectivity index (χ0) is 13.2. The topological polar surface area (TPSA) is 63.0 Å². The van der Waals surface area contributed by atoms with Crippen molar-refractivity contribution in [2.24, 2.45) is 0 Å². The van der Waals surface area contributed by atoms with E-state index in [1.165, 1.54) is 0 Å². The molecule has 0 aliphatic heterocycles. The zero-order valence-corrected chi connectivity index (χ0v) is 10.8. The summed E-state index contributed by atoms with van der Waals surface area (Å²) < 4.78 is 1.83. The summed E-state index contributed by atoms with van der Waals surface area (Å²) in [4.78, 5) is 0. The molecule has 2 aromatic rings. The molecular weight excluding hydrogens is 228 g/mol. The molecule has 0 radical (unpaired) electrons. The summed E-state index contributed by atoms with van der Waals surface area (Å²) in [6, 6.07) is 7.84. The summed E-state index contributed by atoms with van der Waals surface area (Å²) >= 11 is 0. The number of rotatable bonds is 4. The standard InChI is InChI=1S/C13H18N4O/c1-10(13(2,3)18)16-11-5-4-6-12(7-11)17-8-14-15-9-17/h4-10,16,18H,1-3H3. The maximum Gasteiger partial charge on any atom is 0.123 e. The van der Waals surface area contributed by atoms with E-state index in [0.29, 0.717) is 0 Å². The van der Waals surface area contributed by atoms with E-state index >= 15 is 0 Å². The van der Waals surface area contributed by atoms with E-state index in [9.17, 15) is 5.11 Å². The average molecular weight is 246 g/mol. The molecule has 0 spiro atoms. The van der Waals surface area contributed by atoms with Crippen LogP contribution < -0.4 is 5.32 Å². The van der Waals surface area contributed by atoms with Gasteiger partial charge < -0.3 is 10.4 Å². The third-order valence-corrected chi connectivity index (χ3v) is 3.01. The van der Waals surface area contributed by atoms with Crippen LogP contribution in [0.1, 0.15) is 20.8 Å². The Hall–Kier alpha value is -1.88. The maximum atomic E-state index is 9.91. The molecule has 96 valence electrons. The van der Waals surface area contributed by atoms with Crippen LogP contribution in [0, 0.1) is 0 Å². The van der Waals surface area contributed by atoms with Crippen LogP contribution in [0.15, 0.2) is 36.9 Å². The highest BCUT2D eigenvalue weighted by Gasteiger charge is 2.21. The van der Waals surface area contributed by atoms with Gasteiger partial charge in [0.2, 0.25) is 0 Å². The number of nitrogens with zero attached hydrogens (tertiary/aromatic N) is 3. The summed E-state index contributed by atoms with van der Waals surface area (Å²) in [5, 5.41) is 20.8. The smallest absolute Gasteiger partial charge is 0.123 e. The lowest BCUT2D eigenvalue weighted by Gasteiger charge is -2.27. The molecule has 0 fully saturated rings. The number of benzene rings is 1. The van der Waals surface area contributed by atoms with Crippen LogP contribution in [0.4, 0.5) is 5.69 Å². The van der Waals surface area contributed by atoms with Gasteiger partial charge in [-0.15, -0.1) is 10.2 Å². The molecule has 0 saturated heterocycles. The van der Waals surface area contributed by atoms with Gasteiger partial charge in [-0.2, -0.15) is 0 Å². The van der Waals surface area contributed by atoms with Gasteiger partial charge in [0.15, 0.2) is 0 Å². The van der Waals surface area contributed by atoms with Gasteiger partial charge in [0.25, 0.3) is 0 Å². The van der Waals surface area contributed by atoms with Crippen LogP contribution in [-0.4, -0.2) is 31.5 Å². The first-order valence-corrected chi connectivity index (χ1v) is 5.91. The molecule has 0 saturated carbocycles. The van der Waals surface area contributed by atoms with Crippen molar-refractivity contribution in [2.75, 3.05) is 5.32 Å². The maximum absolute atomic E-state index is 9.91. The highest BCUT2D eigenvalue weighted by Crippen LogP contribution is 2.18. The average Bonchev–Trinajstić information content (AvgIpc) is 2.81. The lowest BCUT2D eigenvalue weighted by atomic mass is 10.0. The van der Waals surface area contributed by atoms with E-state index in [1.54, 1.807) is 26.5 Å². The molecule has 5 heteroatoms. The van der Waals surface area contributed by atoms with E-state index in [1.807, 2.05) is 35.8 Å². The second-order valence-corrected chi connectivity index (χ2v) is 4.94. The Kier molecular flexibility index (Phi) is 3.34. The second kappa shape index (κ2) is 4.78. The van der Waals surface area contributed by atoms with Crippen molar-refractivity contribution in [3.05, 3.63) is 36.9 Å². The van der Waals surface area contributed by atoms with Crippen molar-refractivity contribution in [1.82, 2.24) is 14.8 Å². The lowest BCUT2D eigenvalue weighted by molar-refractivity contribution is 0.0649. The predicted octanol–water partition coefficient (Wildman–Crippen LogP) is 1.84. The Labute approximate surface area is 106 Å². The molecule has 0 aliphatic rings. The molecule has 1 atom stereocenters. The fourth-order valence-corrected chi connectivity index (χ4v) is 1.52. The van der Waals surface area contributed by atoms with Crippen LogP contribution in [0.2, 0.25) is 0 Å². The van der Waals surface area contributed by atoms with Gasteiger partial charge in [-0.1, -0.05) is 6.07 Å². The molecule has 1 aromatic carbocycles. The SMILES string of the molecule is CC(Nc1cccc(-n2cnnc2)c1)C(C)(C)O. The van der Waals surface area contributed by atoms with E-state index in [4.69, 9.17) is 0 Å². The van der Waals surface area contributed by atoms with Gasteiger partial charge in [0.1, 0.15) is 12.7 Å². The highest BCUT2D eigenvalue weighted by molar-refractivity contribution is 5.51. The Bertz CT molecular complexity index is 502. The van der Waals surface area contributed by atoms with E-state index < -0.39 is 5.60 Å². The Morgan fingerprint density at radius 1 is 1.28 bits per heavy atom. The second-order valence-electron chi connectivity index (χ2n) is 4.94. The summed E-state index contributed by atoms with van der Waals surface area (Å²) in [5.41, 5.74) is 1.16.